The minimum absolute atomic E-state index is 0.0321. The second-order valence-corrected chi connectivity index (χ2v) is 4.43. The molecule has 0 fully saturated rings. The minimum atomic E-state index is -0.447. The molecule has 0 bridgehead atoms. The van der Waals surface area contributed by atoms with Gasteiger partial charge in [0.2, 0.25) is 5.91 Å². The smallest absolute Gasteiger partial charge is 0.243 e. The van der Waals surface area contributed by atoms with Gasteiger partial charge in [0.25, 0.3) is 0 Å². The van der Waals surface area contributed by atoms with Crippen molar-refractivity contribution in [3.63, 3.8) is 0 Å². The number of carbonyl (C=O) groups is 1. The molecule has 5 heteroatoms. The Bertz CT molecular complexity index is 385. The first-order chi connectivity index (χ1) is 8.63. The van der Waals surface area contributed by atoms with Crippen molar-refractivity contribution in [2.75, 3.05) is 19.8 Å². The van der Waals surface area contributed by atoms with Crippen LogP contribution in [-0.2, 0) is 9.53 Å². The Hall–Kier alpha value is -1.10. The fourth-order valence-electron chi connectivity index (χ4n) is 1.70. The number of nitrogens with one attached hydrogen (secondary N) is 1. The van der Waals surface area contributed by atoms with E-state index in [0.29, 0.717) is 13.2 Å². The molecular weight excluding hydrogens is 252 g/mol. The van der Waals surface area contributed by atoms with Gasteiger partial charge in [0.1, 0.15) is 6.61 Å². The van der Waals surface area contributed by atoms with E-state index in [2.05, 4.69) is 12.2 Å². The summed E-state index contributed by atoms with van der Waals surface area (Å²) in [5.41, 5.74) is 6.12. The van der Waals surface area contributed by atoms with E-state index in [1.807, 2.05) is 24.3 Å². The fraction of sp³-hybridized carbons (Fsp3) is 0.462. The van der Waals surface area contributed by atoms with Crippen molar-refractivity contribution in [2.24, 2.45) is 5.73 Å². The summed E-state index contributed by atoms with van der Waals surface area (Å²) in [5.74, 6) is -0.447. The van der Waals surface area contributed by atoms with E-state index in [1.54, 1.807) is 0 Å². The second kappa shape index (κ2) is 8.08. The van der Waals surface area contributed by atoms with Crippen LogP contribution in [0.2, 0.25) is 5.02 Å². The van der Waals surface area contributed by atoms with Crippen molar-refractivity contribution < 1.29 is 9.53 Å². The van der Waals surface area contributed by atoms with E-state index in [-0.39, 0.29) is 12.6 Å². The molecule has 1 amide bonds. The standard InChI is InChI=1S/C13H19ClN2O2/c1-2-12(10-4-3-5-11(14)8-10)16-6-7-18-9-13(15)17/h3-5,8,12,16H,2,6-7,9H2,1H3,(H2,15,17). The maximum Gasteiger partial charge on any atom is 0.243 e. The molecule has 18 heavy (non-hydrogen) atoms. The summed E-state index contributed by atoms with van der Waals surface area (Å²) < 4.78 is 5.09. The molecule has 1 atom stereocenters. The molecule has 0 saturated heterocycles. The number of rotatable bonds is 8. The van der Waals surface area contributed by atoms with Gasteiger partial charge in [-0.1, -0.05) is 30.7 Å². The number of primary amides is 1. The molecule has 1 aromatic rings. The van der Waals surface area contributed by atoms with E-state index >= 15 is 0 Å². The van der Waals surface area contributed by atoms with Gasteiger partial charge in [-0.25, -0.2) is 0 Å². The molecular formula is C13H19ClN2O2. The summed E-state index contributed by atoms with van der Waals surface area (Å²) in [6, 6.07) is 8.02. The maximum atomic E-state index is 10.5. The Morgan fingerprint density at radius 3 is 2.94 bits per heavy atom. The lowest BCUT2D eigenvalue weighted by Gasteiger charge is -2.17. The Balaban J connectivity index is 2.36. The van der Waals surface area contributed by atoms with Gasteiger partial charge in [-0.05, 0) is 24.1 Å². The molecule has 0 saturated carbocycles. The van der Waals surface area contributed by atoms with Crippen molar-refractivity contribution in [1.82, 2.24) is 5.32 Å². The van der Waals surface area contributed by atoms with Crippen LogP contribution in [-0.4, -0.2) is 25.7 Å². The molecule has 0 aliphatic carbocycles. The van der Waals surface area contributed by atoms with Gasteiger partial charge in [-0.15, -0.1) is 0 Å². The van der Waals surface area contributed by atoms with Crippen LogP contribution in [0.3, 0.4) is 0 Å². The van der Waals surface area contributed by atoms with Crippen LogP contribution in [0.15, 0.2) is 24.3 Å². The minimum Gasteiger partial charge on any atom is -0.370 e. The first-order valence-electron chi connectivity index (χ1n) is 5.98. The maximum absolute atomic E-state index is 10.5. The molecule has 0 aliphatic rings. The van der Waals surface area contributed by atoms with Crippen LogP contribution < -0.4 is 11.1 Å². The van der Waals surface area contributed by atoms with Gasteiger partial charge in [0, 0.05) is 17.6 Å². The third-order valence-corrected chi connectivity index (χ3v) is 2.78. The van der Waals surface area contributed by atoms with Gasteiger partial charge in [-0.3, -0.25) is 4.79 Å². The van der Waals surface area contributed by atoms with E-state index in [0.717, 1.165) is 17.0 Å². The normalized spacial score (nSPS) is 12.3. The average Bonchev–Trinajstić information content (AvgIpc) is 2.33. The summed E-state index contributed by atoms with van der Waals surface area (Å²) in [5, 5.41) is 4.08. The van der Waals surface area contributed by atoms with Crippen LogP contribution in [0, 0.1) is 0 Å². The largest absolute Gasteiger partial charge is 0.370 e. The summed E-state index contributed by atoms with van der Waals surface area (Å²) in [6.45, 7) is 3.19. The molecule has 1 rings (SSSR count). The zero-order valence-corrected chi connectivity index (χ0v) is 11.2. The molecule has 1 unspecified atom stereocenters. The molecule has 100 valence electrons. The quantitative estimate of drug-likeness (QED) is 0.709. The van der Waals surface area contributed by atoms with Crippen molar-refractivity contribution in [1.29, 1.82) is 0 Å². The lowest BCUT2D eigenvalue weighted by atomic mass is 10.0. The van der Waals surface area contributed by atoms with Crippen LogP contribution in [0.5, 0.6) is 0 Å². The predicted molar refractivity (Wildman–Crippen MR) is 72.5 cm³/mol. The van der Waals surface area contributed by atoms with Crippen LogP contribution in [0.4, 0.5) is 0 Å². The first kappa shape index (κ1) is 15.0. The number of halogens is 1. The van der Waals surface area contributed by atoms with Crippen LogP contribution in [0.25, 0.3) is 0 Å². The Labute approximate surface area is 112 Å². The third kappa shape index (κ3) is 5.49. The number of hydrogen-bond acceptors (Lipinski definition) is 3. The first-order valence-corrected chi connectivity index (χ1v) is 6.36. The summed E-state index contributed by atoms with van der Waals surface area (Å²) >= 11 is 5.96. The zero-order chi connectivity index (χ0) is 13.4. The molecule has 0 aromatic heterocycles. The Morgan fingerprint density at radius 2 is 2.33 bits per heavy atom. The van der Waals surface area contributed by atoms with Gasteiger partial charge >= 0.3 is 0 Å². The van der Waals surface area contributed by atoms with E-state index < -0.39 is 5.91 Å². The van der Waals surface area contributed by atoms with E-state index in [4.69, 9.17) is 22.1 Å². The highest BCUT2D eigenvalue weighted by Gasteiger charge is 2.08. The van der Waals surface area contributed by atoms with Crippen molar-refractivity contribution in [3.05, 3.63) is 34.9 Å². The number of amides is 1. The molecule has 0 aliphatic heterocycles. The topological polar surface area (TPSA) is 64.3 Å². The lowest BCUT2D eigenvalue weighted by molar-refractivity contribution is -0.122. The third-order valence-electron chi connectivity index (χ3n) is 2.54. The highest BCUT2D eigenvalue weighted by molar-refractivity contribution is 6.30. The highest BCUT2D eigenvalue weighted by Crippen LogP contribution is 2.19. The van der Waals surface area contributed by atoms with Gasteiger partial charge in [-0.2, -0.15) is 0 Å². The fourth-order valence-corrected chi connectivity index (χ4v) is 1.90. The van der Waals surface area contributed by atoms with Crippen molar-refractivity contribution >= 4 is 17.5 Å². The molecule has 1 aromatic carbocycles. The van der Waals surface area contributed by atoms with E-state index in [1.165, 1.54) is 0 Å². The molecule has 0 radical (unpaired) electrons. The molecule has 4 nitrogen and oxygen atoms in total. The number of nitrogens with two attached hydrogens (primary N) is 1. The van der Waals surface area contributed by atoms with Crippen LogP contribution in [0.1, 0.15) is 24.9 Å². The Morgan fingerprint density at radius 1 is 1.56 bits per heavy atom. The summed E-state index contributed by atoms with van der Waals surface area (Å²) in [7, 11) is 0. The lowest BCUT2D eigenvalue weighted by Crippen LogP contribution is -2.27. The van der Waals surface area contributed by atoms with Crippen molar-refractivity contribution in [3.8, 4) is 0 Å². The average molecular weight is 271 g/mol. The van der Waals surface area contributed by atoms with Gasteiger partial charge < -0.3 is 15.8 Å². The number of carbonyl (C=O) groups excluding carboxylic acids is 1. The monoisotopic (exact) mass is 270 g/mol. The van der Waals surface area contributed by atoms with E-state index in [9.17, 15) is 4.79 Å². The van der Waals surface area contributed by atoms with Gasteiger partial charge in [0.15, 0.2) is 0 Å². The van der Waals surface area contributed by atoms with Gasteiger partial charge in [0.05, 0.1) is 6.61 Å². The predicted octanol–water partition coefficient (Wildman–Crippen LogP) is 1.88. The van der Waals surface area contributed by atoms with Crippen molar-refractivity contribution in [2.45, 2.75) is 19.4 Å². The summed E-state index contributed by atoms with van der Waals surface area (Å²) in [6.07, 6.45) is 0.955. The number of hydrogen-bond donors (Lipinski definition) is 2. The second-order valence-electron chi connectivity index (χ2n) is 3.99. The summed E-state index contributed by atoms with van der Waals surface area (Å²) in [4.78, 5) is 10.5. The molecule has 3 N–H and O–H groups in total. The number of ether oxygens (including phenoxy) is 1. The zero-order valence-electron chi connectivity index (χ0n) is 10.5. The highest BCUT2D eigenvalue weighted by atomic mass is 35.5. The molecule has 0 spiro atoms. The number of benzene rings is 1. The SMILES string of the molecule is CCC(NCCOCC(N)=O)c1cccc(Cl)c1. The Kier molecular flexibility index (Phi) is 6.72. The molecule has 0 heterocycles. The van der Waals surface area contributed by atoms with Crippen LogP contribution >= 0.6 is 11.6 Å².